The van der Waals surface area contributed by atoms with Crippen LogP contribution >= 0.6 is 7.14 Å². The molecular weight excluding hydrogens is 395 g/mol. The average molecular weight is 416 g/mol. The van der Waals surface area contributed by atoms with E-state index in [1.165, 1.54) is 18.2 Å². The van der Waals surface area contributed by atoms with E-state index in [4.69, 9.17) is 5.73 Å². The Hall–Kier alpha value is -1.92. The molecule has 0 bridgehead atoms. The first-order chi connectivity index (χ1) is 12.9. The molecule has 1 fully saturated rings. The molecule has 1 aromatic carbocycles. The maximum absolute atomic E-state index is 16.5. The third-order valence-corrected chi connectivity index (χ3v) is 7.30. The molecule has 9 heteroatoms. The molecule has 0 aromatic heterocycles. The van der Waals surface area contributed by atoms with Crippen molar-refractivity contribution in [3.8, 4) is 0 Å². The molecule has 1 saturated heterocycles. The fourth-order valence-electron chi connectivity index (χ4n) is 3.84. The molecule has 1 aliphatic carbocycles. The number of hydrogen-bond acceptors (Lipinski definition) is 3. The molecule has 1 aromatic rings. The first-order valence-electron chi connectivity index (χ1n) is 8.74. The summed E-state index contributed by atoms with van der Waals surface area (Å²) >= 11 is 0. The van der Waals surface area contributed by atoms with Gasteiger partial charge in [0, 0.05) is 17.8 Å². The van der Waals surface area contributed by atoms with E-state index in [0.29, 0.717) is 0 Å². The van der Waals surface area contributed by atoms with Crippen LogP contribution in [0.2, 0.25) is 0 Å². The zero-order chi connectivity index (χ0) is 20.9. The molecule has 3 unspecified atom stereocenters. The first-order valence-corrected chi connectivity index (χ1v) is 11.3. The maximum Gasteiger partial charge on any atom is 0.401 e. The van der Waals surface area contributed by atoms with Crippen LogP contribution < -0.4 is 5.73 Å². The summed E-state index contributed by atoms with van der Waals surface area (Å²) in [6.07, 6.45) is -2.59. The van der Waals surface area contributed by atoms with Crippen molar-refractivity contribution in [3.05, 3.63) is 53.7 Å². The Labute approximate surface area is 160 Å². The Balaban J connectivity index is 2.27. The van der Waals surface area contributed by atoms with Crippen molar-refractivity contribution in [1.29, 1.82) is 0 Å². The maximum atomic E-state index is 16.5. The van der Waals surface area contributed by atoms with Crippen molar-refractivity contribution in [3.63, 3.8) is 0 Å². The van der Waals surface area contributed by atoms with Crippen molar-refractivity contribution >= 4 is 18.6 Å². The lowest BCUT2D eigenvalue weighted by Crippen LogP contribution is -2.50. The van der Waals surface area contributed by atoms with Crippen molar-refractivity contribution < 1.29 is 26.9 Å². The van der Waals surface area contributed by atoms with E-state index >= 15 is 4.39 Å². The number of alkyl halides is 4. The van der Waals surface area contributed by atoms with Gasteiger partial charge < -0.3 is 15.2 Å². The molecule has 0 radical (unpaired) electrons. The van der Waals surface area contributed by atoms with E-state index in [2.05, 4.69) is 0 Å². The van der Waals surface area contributed by atoms with Gasteiger partial charge in [-0.1, -0.05) is 36.4 Å². The van der Waals surface area contributed by atoms with Gasteiger partial charge in [0.25, 0.3) is 0 Å². The minimum Gasteiger partial charge on any atom is -0.320 e. The summed E-state index contributed by atoms with van der Waals surface area (Å²) in [5.74, 6) is -3.43. The van der Waals surface area contributed by atoms with Crippen LogP contribution in [0.3, 0.4) is 0 Å². The van der Waals surface area contributed by atoms with E-state index in [1.54, 1.807) is 18.2 Å². The number of carbonyl (C=O) groups excluding carboxylic acids is 1. The number of nitrogens with zero attached hydrogens (tertiary/aromatic N) is 1. The zero-order valence-corrected chi connectivity index (χ0v) is 16.3. The zero-order valence-electron chi connectivity index (χ0n) is 15.4. The van der Waals surface area contributed by atoms with Gasteiger partial charge in [-0.3, -0.25) is 4.79 Å². The standard InChI is InChI=1S/C19H21F4N2O2P/c1-28(2,27)18(20)13(12-6-4-3-5-7-12)8-9-15(16(18)19(21,22)23)25-11-10-14(24)17(25)26/h3-9,14,16H,10-11,24H2,1-2H3. The Morgan fingerprint density at radius 1 is 1.18 bits per heavy atom. The minimum absolute atomic E-state index is 0.0409. The molecule has 4 nitrogen and oxygen atoms in total. The van der Waals surface area contributed by atoms with Crippen LogP contribution in [0.15, 0.2) is 48.2 Å². The smallest absolute Gasteiger partial charge is 0.320 e. The molecule has 1 aliphatic heterocycles. The molecule has 2 N–H and O–H groups in total. The van der Waals surface area contributed by atoms with Gasteiger partial charge in [0.1, 0.15) is 13.1 Å². The second-order valence-corrected chi connectivity index (χ2v) is 10.8. The molecule has 0 saturated carbocycles. The summed E-state index contributed by atoms with van der Waals surface area (Å²) in [4.78, 5) is 13.1. The fraction of sp³-hybridized carbons (Fsp3) is 0.421. The molecule has 152 valence electrons. The monoisotopic (exact) mass is 416 g/mol. The van der Waals surface area contributed by atoms with Crippen molar-refractivity contribution in [1.82, 2.24) is 4.90 Å². The van der Waals surface area contributed by atoms with Crippen molar-refractivity contribution in [2.45, 2.75) is 24.0 Å². The summed E-state index contributed by atoms with van der Waals surface area (Å²) in [6, 6.07) is 6.79. The Morgan fingerprint density at radius 3 is 2.25 bits per heavy atom. The van der Waals surface area contributed by atoms with Crippen molar-refractivity contribution in [2.24, 2.45) is 11.7 Å². The SMILES string of the molecule is CP(C)(=O)C1(F)C(c2ccccc2)=CC=C(N2CCC(N)C2=O)C1C(F)(F)F. The van der Waals surface area contributed by atoms with Crippen LogP contribution in [0.1, 0.15) is 12.0 Å². The van der Waals surface area contributed by atoms with E-state index in [1.807, 2.05) is 0 Å². The Bertz CT molecular complexity index is 891. The highest BCUT2D eigenvalue weighted by molar-refractivity contribution is 7.64. The topological polar surface area (TPSA) is 63.4 Å². The number of amides is 1. The molecule has 2 aliphatic rings. The number of benzene rings is 1. The summed E-state index contributed by atoms with van der Waals surface area (Å²) in [7, 11) is -4.00. The number of hydrogen-bond donors (Lipinski definition) is 1. The van der Waals surface area contributed by atoms with Gasteiger partial charge >= 0.3 is 6.18 Å². The Morgan fingerprint density at radius 2 is 1.79 bits per heavy atom. The van der Waals surface area contributed by atoms with Gasteiger partial charge in [-0.15, -0.1) is 0 Å². The lowest BCUT2D eigenvalue weighted by molar-refractivity contribution is -0.184. The molecular formula is C19H21F4N2O2P. The molecule has 3 rings (SSSR count). The van der Waals surface area contributed by atoms with Crippen LogP contribution in [0.5, 0.6) is 0 Å². The quantitative estimate of drug-likeness (QED) is 0.599. The van der Waals surface area contributed by atoms with Crippen LogP contribution in [0.25, 0.3) is 5.57 Å². The molecule has 3 atom stereocenters. The van der Waals surface area contributed by atoms with Gasteiger partial charge in [-0.05, 0) is 31.4 Å². The largest absolute Gasteiger partial charge is 0.401 e. The number of rotatable bonds is 3. The normalized spacial score (nSPS) is 29.0. The van der Waals surface area contributed by atoms with Crippen molar-refractivity contribution in [2.75, 3.05) is 19.9 Å². The molecule has 28 heavy (non-hydrogen) atoms. The first kappa shape index (κ1) is 20.8. The second-order valence-electron chi connectivity index (χ2n) is 7.42. The number of halogens is 4. The van der Waals surface area contributed by atoms with Gasteiger partial charge in [0.15, 0.2) is 0 Å². The minimum atomic E-state index is -5.07. The number of carbonyl (C=O) groups is 1. The van der Waals surface area contributed by atoms with E-state index in [9.17, 15) is 22.5 Å². The average Bonchev–Trinajstić information content (AvgIpc) is 2.92. The third kappa shape index (κ3) is 3.22. The van der Waals surface area contributed by atoms with Crippen LogP contribution in [0, 0.1) is 5.92 Å². The van der Waals surface area contributed by atoms with Crippen LogP contribution in [-0.2, 0) is 9.36 Å². The van der Waals surface area contributed by atoms with E-state index in [0.717, 1.165) is 24.3 Å². The predicted octanol–water partition coefficient (Wildman–Crippen LogP) is 3.99. The highest BCUT2D eigenvalue weighted by Crippen LogP contribution is 2.68. The van der Waals surface area contributed by atoms with Gasteiger partial charge in [-0.2, -0.15) is 13.2 Å². The number of allylic oxidation sites excluding steroid dienone is 4. The van der Waals surface area contributed by atoms with Crippen LogP contribution in [-0.4, -0.2) is 48.3 Å². The molecule has 1 amide bonds. The van der Waals surface area contributed by atoms with Crippen LogP contribution in [0.4, 0.5) is 17.6 Å². The highest BCUT2D eigenvalue weighted by atomic mass is 31.2. The number of nitrogens with two attached hydrogens (primary N) is 1. The van der Waals surface area contributed by atoms with E-state index < -0.39 is 42.3 Å². The fourth-order valence-corrected chi connectivity index (χ4v) is 5.52. The van der Waals surface area contributed by atoms with Gasteiger partial charge in [0.05, 0.1) is 6.04 Å². The third-order valence-electron chi connectivity index (χ3n) is 5.23. The molecule has 0 spiro atoms. The highest BCUT2D eigenvalue weighted by Gasteiger charge is 2.65. The van der Waals surface area contributed by atoms with E-state index in [-0.39, 0.29) is 24.1 Å². The predicted molar refractivity (Wildman–Crippen MR) is 99.6 cm³/mol. The summed E-state index contributed by atoms with van der Waals surface area (Å²) < 4.78 is 72.0. The lowest BCUT2D eigenvalue weighted by Gasteiger charge is -2.44. The molecule has 1 heterocycles. The van der Waals surface area contributed by atoms with Gasteiger partial charge in [0.2, 0.25) is 11.3 Å². The van der Waals surface area contributed by atoms with Gasteiger partial charge in [-0.25, -0.2) is 4.39 Å². The Kier molecular flexibility index (Phi) is 5.09. The lowest BCUT2D eigenvalue weighted by atomic mass is 9.83. The summed E-state index contributed by atoms with van der Waals surface area (Å²) in [6.45, 7) is 1.97. The summed E-state index contributed by atoms with van der Waals surface area (Å²) in [5, 5.41) is -3.22. The summed E-state index contributed by atoms with van der Waals surface area (Å²) in [5.41, 5.74) is 5.00. The second kappa shape index (κ2) is 6.85. The number of likely N-dealkylation sites (tertiary alicyclic amines) is 1.